The number of carboxylic acids is 1. The molecular formula is C11H10ClN3O2S. The molecule has 0 saturated heterocycles. The van der Waals surface area contributed by atoms with Crippen LogP contribution < -0.4 is 0 Å². The van der Waals surface area contributed by atoms with E-state index in [4.69, 9.17) is 16.7 Å². The zero-order valence-electron chi connectivity index (χ0n) is 9.72. The number of aromatic carboxylic acids is 1. The molecule has 1 N–H and O–H groups in total. The summed E-state index contributed by atoms with van der Waals surface area (Å²) in [4.78, 5) is 15.1. The van der Waals surface area contributed by atoms with Crippen LogP contribution in [0.15, 0.2) is 28.3 Å². The Morgan fingerprint density at radius 2 is 2.22 bits per heavy atom. The Balaban J connectivity index is 2.42. The Morgan fingerprint density at radius 1 is 1.50 bits per heavy atom. The second-order valence-electron chi connectivity index (χ2n) is 3.64. The first-order valence-electron chi connectivity index (χ1n) is 5.05. The first-order chi connectivity index (χ1) is 8.47. The highest BCUT2D eigenvalue weighted by Crippen LogP contribution is 2.30. The molecule has 0 aliphatic heterocycles. The van der Waals surface area contributed by atoms with Crippen LogP contribution in [0, 0.1) is 6.92 Å². The third-order valence-corrected chi connectivity index (χ3v) is 3.52. The smallest absolute Gasteiger partial charge is 0.338 e. The zero-order valence-corrected chi connectivity index (χ0v) is 11.3. The number of carbonyl (C=O) groups is 1. The van der Waals surface area contributed by atoms with Crippen LogP contribution in [0.4, 0.5) is 0 Å². The number of carboxylic acid groups (broad SMARTS) is 1. The van der Waals surface area contributed by atoms with Crippen molar-refractivity contribution in [3.63, 3.8) is 0 Å². The highest BCUT2D eigenvalue weighted by atomic mass is 35.5. The molecule has 0 aliphatic rings. The van der Waals surface area contributed by atoms with E-state index in [-0.39, 0.29) is 10.7 Å². The fourth-order valence-corrected chi connectivity index (χ4v) is 2.65. The standard InChI is InChI=1S/C11H10ClN3O2S/c1-6-5-9(15(2)14-6)18-10-7(11(16)17)3-4-8(12)13-10/h3-5H,1-2H3,(H,16,17). The van der Waals surface area contributed by atoms with Crippen molar-refractivity contribution in [2.75, 3.05) is 0 Å². The fraction of sp³-hybridized carbons (Fsp3) is 0.182. The van der Waals surface area contributed by atoms with Gasteiger partial charge in [0.15, 0.2) is 0 Å². The number of rotatable bonds is 3. The van der Waals surface area contributed by atoms with Gasteiger partial charge in [0.2, 0.25) is 0 Å². The van der Waals surface area contributed by atoms with Crippen LogP contribution >= 0.6 is 23.4 Å². The first kappa shape index (κ1) is 12.9. The summed E-state index contributed by atoms with van der Waals surface area (Å²) >= 11 is 7.02. The van der Waals surface area contributed by atoms with Gasteiger partial charge in [-0.15, -0.1) is 0 Å². The molecule has 5 nitrogen and oxygen atoms in total. The molecule has 0 aliphatic carbocycles. The van der Waals surface area contributed by atoms with Crippen LogP contribution in [0.5, 0.6) is 0 Å². The van der Waals surface area contributed by atoms with Gasteiger partial charge in [0.25, 0.3) is 0 Å². The molecule has 2 aromatic heterocycles. The molecule has 0 saturated carbocycles. The van der Waals surface area contributed by atoms with Crippen molar-refractivity contribution in [3.05, 3.63) is 34.6 Å². The van der Waals surface area contributed by atoms with Crippen molar-refractivity contribution in [2.24, 2.45) is 7.05 Å². The van der Waals surface area contributed by atoms with E-state index in [1.807, 2.05) is 13.0 Å². The maximum Gasteiger partial charge on any atom is 0.338 e. The molecule has 0 radical (unpaired) electrons. The molecule has 0 atom stereocenters. The largest absolute Gasteiger partial charge is 0.478 e. The minimum absolute atomic E-state index is 0.128. The van der Waals surface area contributed by atoms with Gasteiger partial charge in [0.05, 0.1) is 11.3 Å². The third-order valence-electron chi connectivity index (χ3n) is 2.22. The summed E-state index contributed by atoms with van der Waals surface area (Å²) < 4.78 is 1.67. The average molecular weight is 284 g/mol. The van der Waals surface area contributed by atoms with Gasteiger partial charge in [-0.3, -0.25) is 4.68 Å². The molecule has 94 valence electrons. The Kier molecular flexibility index (Phi) is 3.58. The quantitative estimate of drug-likeness (QED) is 0.877. The Labute approximate surface area is 113 Å². The van der Waals surface area contributed by atoms with E-state index < -0.39 is 5.97 Å². The highest BCUT2D eigenvalue weighted by Gasteiger charge is 2.15. The van der Waals surface area contributed by atoms with Crippen LogP contribution in [-0.2, 0) is 7.05 Å². The monoisotopic (exact) mass is 283 g/mol. The summed E-state index contributed by atoms with van der Waals surface area (Å²) in [5.41, 5.74) is 0.988. The van der Waals surface area contributed by atoms with Crippen molar-refractivity contribution in [1.82, 2.24) is 14.8 Å². The summed E-state index contributed by atoms with van der Waals surface area (Å²) in [6, 6.07) is 4.77. The van der Waals surface area contributed by atoms with Crippen molar-refractivity contribution in [2.45, 2.75) is 17.0 Å². The van der Waals surface area contributed by atoms with E-state index in [1.54, 1.807) is 11.7 Å². The number of nitrogens with zero attached hydrogens (tertiary/aromatic N) is 3. The molecule has 0 fully saturated rings. The predicted octanol–water partition coefficient (Wildman–Crippen LogP) is 2.63. The second-order valence-corrected chi connectivity index (χ2v) is 5.04. The van der Waals surface area contributed by atoms with Gasteiger partial charge in [-0.2, -0.15) is 5.10 Å². The lowest BCUT2D eigenvalue weighted by Crippen LogP contribution is -2.01. The number of hydrogen-bond donors (Lipinski definition) is 1. The van der Waals surface area contributed by atoms with Gasteiger partial charge in [0, 0.05) is 7.05 Å². The second kappa shape index (κ2) is 4.99. The average Bonchev–Trinajstić information content (AvgIpc) is 2.57. The van der Waals surface area contributed by atoms with Gasteiger partial charge >= 0.3 is 5.97 Å². The van der Waals surface area contributed by atoms with Crippen LogP contribution in [0.1, 0.15) is 16.1 Å². The Hall–Kier alpha value is -1.53. The molecule has 0 amide bonds. The van der Waals surface area contributed by atoms with E-state index in [9.17, 15) is 4.79 Å². The summed E-state index contributed by atoms with van der Waals surface area (Å²) in [6.45, 7) is 1.87. The lowest BCUT2D eigenvalue weighted by atomic mass is 10.3. The van der Waals surface area contributed by atoms with Gasteiger partial charge in [0.1, 0.15) is 15.2 Å². The summed E-state index contributed by atoms with van der Waals surface area (Å²) in [5, 5.41) is 14.7. The van der Waals surface area contributed by atoms with E-state index in [0.717, 1.165) is 10.7 Å². The fourth-order valence-electron chi connectivity index (χ4n) is 1.44. The van der Waals surface area contributed by atoms with Crippen LogP contribution in [0.2, 0.25) is 5.15 Å². The van der Waals surface area contributed by atoms with Gasteiger partial charge in [-0.1, -0.05) is 11.6 Å². The molecule has 0 unspecified atom stereocenters. The topological polar surface area (TPSA) is 68.0 Å². The molecule has 7 heteroatoms. The minimum Gasteiger partial charge on any atom is -0.478 e. The normalized spacial score (nSPS) is 10.6. The molecular weight excluding hydrogens is 274 g/mol. The molecule has 2 rings (SSSR count). The molecule has 18 heavy (non-hydrogen) atoms. The van der Waals surface area contributed by atoms with Crippen LogP contribution in [-0.4, -0.2) is 25.8 Å². The summed E-state index contributed by atoms with van der Waals surface area (Å²) in [6.07, 6.45) is 0. The lowest BCUT2D eigenvalue weighted by Gasteiger charge is -2.05. The number of halogens is 1. The maximum absolute atomic E-state index is 11.1. The molecule has 2 aromatic rings. The minimum atomic E-state index is -1.03. The van der Waals surface area contributed by atoms with Crippen molar-refractivity contribution >= 4 is 29.3 Å². The number of hydrogen-bond acceptors (Lipinski definition) is 4. The SMILES string of the molecule is Cc1cc(Sc2nc(Cl)ccc2C(=O)O)n(C)n1. The molecule has 0 bridgehead atoms. The maximum atomic E-state index is 11.1. The van der Waals surface area contributed by atoms with Gasteiger partial charge in [-0.25, -0.2) is 9.78 Å². The number of aryl methyl sites for hydroxylation is 2. The predicted molar refractivity (Wildman–Crippen MR) is 68.3 cm³/mol. The Bertz CT molecular complexity index is 612. The zero-order chi connectivity index (χ0) is 13.3. The Morgan fingerprint density at radius 3 is 2.78 bits per heavy atom. The van der Waals surface area contributed by atoms with Crippen LogP contribution in [0.25, 0.3) is 0 Å². The third kappa shape index (κ3) is 2.65. The van der Waals surface area contributed by atoms with Gasteiger partial charge < -0.3 is 5.11 Å². The first-order valence-corrected chi connectivity index (χ1v) is 6.25. The highest BCUT2D eigenvalue weighted by molar-refractivity contribution is 7.99. The van der Waals surface area contributed by atoms with Crippen LogP contribution in [0.3, 0.4) is 0 Å². The van der Waals surface area contributed by atoms with Gasteiger partial charge in [-0.05, 0) is 36.9 Å². The van der Waals surface area contributed by atoms with E-state index in [2.05, 4.69) is 10.1 Å². The lowest BCUT2D eigenvalue weighted by molar-refractivity contribution is 0.0692. The molecule has 2 heterocycles. The van der Waals surface area contributed by atoms with Crippen molar-refractivity contribution in [1.29, 1.82) is 0 Å². The van der Waals surface area contributed by atoms with E-state index in [0.29, 0.717) is 5.03 Å². The van der Waals surface area contributed by atoms with Crippen molar-refractivity contribution < 1.29 is 9.90 Å². The van der Waals surface area contributed by atoms with E-state index in [1.165, 1.54) is 23.9 Å². The molecule has 0 aromatic carbocycles. The molecule has 0 spiro atoms. The van der Waals surface area contributed by atoms with Crippen molar-refractivity contribution in [3.8, 4) is 0 Å². The number of pyridine rings is 1. The summed E-state index contributed by atoms with van der Waals surface area (Å²) in [7, 11) is 1.79. The summed E-state index contributed by atoms with van der Waals surface area (Å²) in [5.74, 6) is -1.03. The number of aromatic nitrogens is 3. The van der Waals surface area contributed by atoms with E-state index >= 15 is 0 Å².